The number of carbonyl (C=O) groups is 2. The monoisotopic (exact) mass is 244 g/mol. The maximum absolute atomic E-state index is 11.4. The lowest BCUT2D eigenvalue weighted by molar-refractivity contribution is -0.141. The van der Waals surface area contributed by atoms with Gasteiger partial charge in [0.05, 0.1) is 13.5 Å². The summed E-state index contributed by atoms with van der Waals surface area (Å²) in [5, 5.41) is 0. The molecule has 17 heavy (non-hydrogen) atoms. The number of esters is 1. The van der Waals surface area contributed by atoms with Crippen molar-refractivity contribution in [3.8, 4) is 0 Å². The molecule has 0 aliphatic rings. The molecule has 0 saturated heterocycles. The van der Waals surface area contributed by atoms with Gasteiger partial charge in [-0.1, -0.05) is 13.8 Å². The smallest absolute Gasteiger partial charge is 0.307 e. The van der Waals surface area contributed by atoms with Gasteiger partial charge in [0.2, 0.25) is 5.91 Å². The molecule has 0 aliphatic carbocycles. The van der Waals surface area contributed by atoms with Gasteiger partial charge in [-0.2, -0.15) is 0 Å². The number of amides is 1. The summed E-state index contributed by atoms with van der Waals surface area (Å²) in [5.74, 6) is -0.278. The average molecular weight is 244 g/mol. The van der Waals surface area contributed by atoms with Crippen LogP contribution in [0.3, 0.4) is 0 Å². The van der Waals surface area contributed by atoms with Gasteiger partial charge < -0.3 is 14.5 Å². The van der Waals surface area contributed by atoms with E-state index in [1.807, 2.05) is 0 Å². The molecule has 0 atom stereocenters. The lowest BCUT2D eigenvalue weighted by Crippen LogP contribution is -2.38. The van der Waals surface area contributed by atoms with Gasteiger partial charge in [0.25, 0.3) is 0 Å². The summed E-state index contributed by atoms with van der Waals surface area (Å²) >= 11 is 0. The van der Waals surface area contributed by atoms with Gasteiger partial charge in [-0.25, -0.2) is 0 Å². The Morgan fingerprint density at radius 1 is 1.06 bits per heavy atom. The van der Waals surface area contributed by atoms with Crippen LogP contribution in [0.25, 0.3) is 0 Å². The van der Waals surface area contributed by atoms with E-state index in [0.717, 1.165) is 19.6 Å². The number of ether oxygens (including phenoxy) is 1. The molecule has 0 fully saturated rings. The Labute approximate surface area is 104 Å². The zero-order valence-electron chi connectivity index (χ0n) is 11.4. The molecular formula is C12H24N2O3. The minimum Gasteiger partial charge on any atom is -0.469 e. The van der Waals surface area contributed by atoms with E-state index in [1.165, 1.54) is 14.0 Å². The number of hydrogen-bond acceptors (Lipinski definition) is 4. The van der Waals surface area contributed by atoms with E-state index >= 15 is 0 Å². The van der Waals surface area contributed by atoms with Crippen LogP contribution in [0.2, 0.25) is 0 Å². The van der Waals surface area contributed by atoms with Crippen molar-refractivity contribution < 1.29 is 14.3 Å². The second-order valence-corrected chi connectivity index (χ2v) is 3.86. The first-order valence-electron chi connectivity index (χ1n) is 6.09. The number of nitrogens with zero attached hydrogens (tertiary/aromatic N) is 2. The lowest BCUT2D eigenvalue weighted by Gasteiger charge is -2.25. The third-order valence-corrected chi connectivity index (χ3v) is 2.84. The maximum atomic E-state index is 11.4. The molecule has 1 amide bonds. The Bertz CT molecular complexity index is 240. The van der Waals surface area contributed by atoms with Crippen molar-refractivity contribution in [1.29, 1.82) is 0 Å². The Kier molecular flexibility index (Phi) is 8.40. The van der Waals surface area contributed by atoms with E-state index < -0.39 is 0 Å². The minimum absolute atomic E-state index is 0.000981. The molecule has 0 bridgehead atoms. The molecule has 0 saturated carbocycles. The number of methoxy groups -OCH3 is 1. The largest absolute Gasteiger partial charge is 0.469 e. The summed E-state index contributed by atoms with van der Waals surface area (Å²) in [6.07, 6.45) is 0.258. The molecular weight excluding hydrogens is 220 g/mol. The van der Waals surface area contributed by atoms with Crippen LogP contribution in [-0.2, 0) is 14.3 Å². The van der Waals surface area contributed by atoms with Crippen LogP contribution in [0.15, 0.2) is 0 Å². The summed E-state index contributed by atoms with van der Waals surface area (Å²) < 4.78 is 4.56. The number of carbonyl (C=O) groups excluding carboxylic acids is 2. The fourth-order valence-corrected chi connectivity index (χ4v) is 1.56. The highest BCUT2D eigenvalue weighted by molar-refractivity contribution is 5.74. The molecule has 0 radical (unpaired) electrons. The summed E-state index contributed by atoms with van der Waals surface area (Å²) in [7, 11) is 1.36. The fraction of sp³-hybridized carbons (Fsp3) is 0.833. The second-order valence-electron chi connectivity index (χ2n) is 3.86. The van der Waals surface area contributed by atoms with Gasteiger partial charge in [0.15, 0.2) is 0 Å². The van der Waals surface area contributed by atoms with Crippen LogP contribution in [-0.4, -0.2) is 61.5 Å². The van der Waals surface area contributed by atoms with Crippen LogP contribution in [0.4, 0.5) is 0 Å². The molecule has 0 rings (SSSR count). The molecule has 0 N–H and O–H groups in total. The zero-order valence-corrected chi connectivity index (χ0v) is 11.4. The van der Waals surface area contributed by atoms with Crippen molar-refractivity contribution >= 4 is 11.9 Å². The van der Waals surface area contributed by atoms with E-state index in [1.54, 1.807) is 4.90 Å². The topological polar surface area (TPSA) is 49.9 Å². The van der Waals surface area contributed by atoms with Gasteiger partial charge in [-0.15, -0.1) is 0 Å². The molecule has 100 valence electrons. The Hall–Kier alpha value is -1.10. The quantitative estimate of drug-likeness (QED) is 0.591. The Morgan fingerprint density at radius 2 is 1.65 bits per heavy atom. The highest BCUT2D eigenvalue weighted by atomic mass is 16.5. The van der Waals surface area contributed by atoms with Gasteiger partial charge in [0.1, 0.15) is 0 Å². The minimum atomic E-state index is -0.279. The van der Waals surface area contributed by atoms with Gasteiger partial charge in [-0.05, 0) is 13.1 Å². The van der Waals surface area contributed by atoms with Crippen molar-refractivity contribution in [2.24, 2.45) is 0 Å². The van der Waals surface area contributed by atoms with Crippen LogP contribution in [0.5, 0.6) is 0 Å². The standard InChI is InChI=1S/C12H24N2O3/c1-5-13(6-2)9-10-14(11(3)15)8-7-12(16)17-4/h5-10H2,1-4H3. The average Bonchev–Trinajstić information content (AvgIpc) is 2.32. The lowest BCUT2D eigenvalue weighted by atomic mass is 10.3. The van der Waals surface area contributed by atoms with E-state index in [2.05, 4.69) is 23.5 Å². The van der Waals surface area contributed by atoms with Crippen molar-refractivity contribution in [3.05, 3.63) is 0 Å². The van der Waals surface area contributed by atoms with Crippen LogP contribution in [0.1, 0.15) is 27.2 Å². The molecule has 0 heterocycles. The molecule has 0 spiro atoms. The second kappa shape index (κ2) is 8.98. The normalized spacial score (nSPS) is 10.4. The fourth-order valence-electron chi connectivity index (χ4n) is 1.56. The van der Waals surface area contributed by atoms with Gasteiger partial charge in [0, 0.05) is 26.6 Å². The molecule has 5 nitrogen and oxygen atoms in total. The van der Waals surface area contributed by atoms with E-state index in [9.17, 15) is 9.59 Å². The SMILES string of the molecule is CCN(CC)CCN(CCC(=O)OC)C(C)=O. The molecule has 0 aliphatic heterocycles. The molecule has 0 aromatic heterocycles. The predicted octanol–water partition coefficient (Wildman–Crippen LogP) is 0.740. The van der Waals surface area contributed by atoms with Crippen LogP contribution >= 0.6 is 0 Å². The summed E-state index contributed by atoms with van der Waals surface area (Å²) in [6, 6.07) is 0. The van der Waals surface area contributed by atoms with Gasteiger partial charge >= 0.3 is 5.97 Å². The van der Waals surface area contributed by atoms with E-state index in [-0.39, 0.29) is 18.3 Å². The van der Waals surface area contributed by atoms with E-state index in [0.29, 0.717) is 13.1 Å². The van der Waals surface area contributed by atoms with Gasteiger partial charge in [-0.3, -0.25) is 9.59 Å². The summed E-state index contributed by atoms with van der Waals surface area (Å²) in [6.45, 7) is 9.59. The summed E-state index contributed by atoms with van der Waals surface area (Å²) in [4.78, 5) is 26.3. The zero-order chi connectivity index (χ0) is 13.3. The first-order chi connectivity index (χ1) is 8.04. The third-order valence-electron chi connectivity index (χ3n) is 2.84. The first-order valence-corrected chi connectivity index (χ1v) is 6.09. The highest BCUT2D eigenvalue weighted by Gasteiger charge is 2.12. The molecule has 0 unspecified atom stereocenters. The molecule has 0 aromatic rings. The van der Waals surface area contributed by atoms with E-state index in [4.69, 9.17) is 0 Å². The van der Waals surface area contributed by atoms with Crippen molar-refractivity contribution in [2.45, 2.75) is 27.2 Å². The van der Waals surface area contributed by atoms with Crippen LogP contribution < -0.4 is 0 Å². The maximum Gasteiger partial charge on any atom is 0.307 e. The first kappa shape index (κ1) is 15.9. The van der Waals surface area contributed by atoms with Crippen molar-refractivity contribution in [1.82, 2.24) is 9.80 Å². The summed E-state index contributed by atoms with van der Waals surface area (Å²) in [5.41, 5.74) is 0. The molecule has 5 heteroatoms. The number of hydrogen-bond donors (Lipinski definition) is 0. The Morgan fingerprint density at radius 3 is 2.06 bits per heavy atom. The number of rotatable bonds is 8. The third kappa shape index (κ3) is 6.94. The van der Waals surface area contributed by atoms with Crippen molar-refractivity contribution in [3.63, 3.8) is 0 Å². The Balaban J connectivity index is 4.07. The van der Waals surface area contributed by atoms with Crippen LogP contribution in [0, 0.1) is 0 Å². The van der Waals surface area contributed by atoms with Crippen molar-refractivity contribution in [2.75, 3.05) is 39.8 Å². The predicted molar refractivity (Wildman–Crippen MR) is 66.7 cm³/mol. The highest BCUT2D eigenvalue weighted by Crippen LogP contribution is 1.96. The number of likely N-dealkylation sites (N-methyl/N-ethyl adjacent to an activating group) is 1. The molecule has 0 aromatic carbocycles.